The molecule has 114 valence electrons. The van der Waals surface area contributed by atoms with Crippen molar-refractivity contribution in [1.82, 2.24) is 24.7 Å². The van der Waals surface area contributed by atoms with Crippen molar-refractivity contribution in [3.8, 4) is 11.3 Å². The van der Waals surface area contributed by atoms with E-state index in [0.717, 1.165) is 53.8 Å². The molecule has 0 aliphatic rings. The van der Waals surface area contributed by atoms with Gasteiger partial charge in [0.05, 0.1) is 23.1 Å². The Bertz CT molecular complexity index is 792. The summed E-state index contributed by atoms with van der Waals surface area (Å²) in [4.78, 5) is 13.4. The Morgan fingerprint density at radius 2 is 1.95 bits per heavy atom. The second kappa shape index (κ2) is 6.09. The summed E-state index contributed by atoms with van der Waals surface area (Å²) in [5.41, 5.74) is 10.2. The molecule has 6 heteroatoms. The maximum atomic E-state index is 5.78. The zero-order valence-corrected chi connectivity index (χ0v) is 13.0. The number of aryl methyl sites for hydroxylation is 2. The van der Waals surface area contributed by atoms with E-state index in [-0.39, 0.29) is 0 Å². The van der Waals surface area contributed by atoms with E-state index in [1.807, 2.05) is 29.2 Å². The van der Waals surface area contributed by atoms with Gasteiger partial charge in [-0.15, -0.1) is 0 Å². The summed E-state index contributed by atoms with van der Waals surface area (Å²) in [6.07, 6.45) is 6.76. The summed E-state index contributed by atoms with van der Waals surface area (Å²) < 4.78 is 1.94. The molecule has 3 aromatic rings. The smallest absolute Gasteiger partial charge is 0.220 e. The van der Waals surface area contributed by atoms with Crippen molar-refractivity contribution in [2.75, 3.05) is 5.73 Å². The minimum absolute atomic E-state index is 0.307. The third-order valence-corrected chi connectivity index (χ3v) is 3.50. The van der Waals surface area contributed by atoms with Crippen molar-refractivity contribution in [2.24, 2.45) is 0 Å². The highest BCUT2D eigenvalue weighted by molar-refractivity contribution is 5.80. The van der Waals surface area contributed by atoms with Gasteiger partial charge in [0.15, 0.2) is 0 Å². The lowest BCUT2D eigenvalue weighted by Crippen LogP contribution is -2.02. The van der Waals surface area contributed by atoms with Crippen LogP contribution in [0, 0.1) is 0 Å². The number of nitrogen functional groups attached to an aromatic ring is 1. The van der Waals surface area contributed by atoms with Crippen LogP contribution in [0.15, 0.2) is 24.5 Å². The molecular formula is C16H20N6. The van der Waals surface area contributed by atoms with Gasteiger partial charge in [-0.2, -0.15) is 5.10 Å². The quantitative estimate of drug-likeness (QED) is 0.782. The maximum absolute atomic E-state index is 5.78. The average Bonchev–Trinajstić information content (AvgIpc) is 2.96. The number of anilines is 1. The molecule has 3 rings (SSSR count). The van der Waals surface area contributed by atoms with Crippen LogP contribution in [0.25, 0.3) is 22.3 Å². The van der Waals surface area contributed by atoms with Gasteiger partial charge in [-0.05, 0) is 25.0 Å². The summed E-state index contributed by atoms with van der Waals surface area (Å²) in [6, 6.07) is 3.91. The van der Waals surface area contributed by atoms with Crippen LogP contribution in [0.1, 0.15) is 32.4 Å². The first-order valence-electron chi connectivity index (χ1n) is 7.67. The molecule has 0 radical (unpaired) electrons. The third-order valence-electron chi connectivity index (χ3n) is 3.50. The van der Waals surface area contributed by atoms with Crippen LogP contribution in [-0.4, -0.2) is 24.7 Å². The molecule has 6 nitrogen and oxygen atoms in total. The van der Waals surface area contributed by atoms with E-state index in [2.05, 4.69) is 28.9 Å². The molecule has 0 atom stereocenters. The fourth-order valence-corrected chi connectivity index (χ4v) is 2.51. The van der Waals surface area contributed by atoms with E-state index < -0.39 is 0 Å². The van der Waals surface area contributed by atoms with Crippen LogP contribution < -0.4 is 5.73 Å². The highest BCUT2D eigenvalue weighted by Crippen LogP contribution is 2.22. The maximum Gasteiger partial charge on any atom is 0.220 e. The van der Waals surface area contributed by atoms with Crippen molar-refractivity contribution in [2.45, 2.75) is 39.7 Å². The monoisotopic (exact) mass is 296 g/mol. The molecule has 0 saturated heterocycles. The number of aromatic nitrogens is 5. The normalized spacial score (nSPS) is 11.2. The van der Waals surface area contributed by atoms with Gasteiger partial charge in [0.25, 0.3) is 0 Å². The zero-order chi connectivity index (χ0) is 15.5. The third kappa shape index (κ3) is 2.77. The van der Waals surface area contributed by atoms with Crippen LogP contribution in [0.2, 0.25) is 0 Å². The summed E-state index contributed by atoms with van der Waals surface area (Å²) in [6.45, 7) is 5.16. The number of rotatable bonds is 5. The van der Waals surface area contributed by atoms with E-state index in [1.165, 1.54) is 0 Å². The lowest BCUT2D eigenvalue weighted by Gasteiger charge is -2.06. The van der Waals surface area contributed by atoms with E-state index in [4.69, 9.17) is 10.7 Å². The average molecular weight is 296 g/mol. The minimum Gasteiger partial charge on any atom is -0.368 e. The number of nitrogens with two attached hydrogens (primary N) is 1. The number of hydrogen-bond acceptors (Lipinski definition) is 5. The molecule has 3 heterocycles. The first kappa shape index (κ1) is 14.4. The number of hydrogen-bond donors (Lipinski definition) is 1. The predicted molar refractivity (Wildman–Crippen MR) is 87.3 cm³/mol. The lowest BCUT2D eigenvalue weighted by atomic mass is 10.1. The molecule has 22 heavy (non-hydrogen) atoms. The fraction of sp³-hybridized carbons (Fsp3) is 0.375. The molecule has 0 bridgehead atoms. The fourth-order valence-electron chi connectivity index (χ4n) is 2.51. The second-order valence-electron chi connectivity index (χ2n) is 5.33. The standard InChI is InChI=1S/C16H20N6/c1-3-5-13-15-14(21-16(17)20-13)7-6-12(19-15)11-9-18-22(10-11)8-4-2/h6-7,9-10H,3-5,8H2,1-2H3,(H2,17,20,21). The van der Waals surface area contributed by atoms with E-state index in [1.54, 1.807) is 0 Å². The van der Waals surface area contributed by atoms with Crippen LogP contribution in [0.4, 0.5) is 5.95 Å². The Hall–Kier alpha value is -2.50. The van der Waals surface area contributed by atoms with E-state index in [0.29, 0.717) is 5.95 Å². The molecule has 0 fully saturated rings. The van der Waals surface area contributed by atoms with Crippen molar-refractivity contribution in [3.63, 3.8) is 0 Å². The van der Waals surface area contributed by atoms with Crippen LogP contribution in [0.5, 0.6) is 0 Å². The SMILES string of the molecule is CCCc1nc(N)nc2ccc(-c3cnn(CCC)c3)nc12. The van der Waals surface area contributed by atoms with Crippen LogP contribution >= 0.6 is 0 Å². The van der Waals surface area contributed by atoms with Gasteiger partial charge in [0.2, 0.25) is 5.95 Å². The van der Waals surface area contributed by atoms with Gasteiger partial charge < -0.3 is 5.73 Å². The summed E-state index contributed by atoms with van der Waals surface area (Å²) in [5.74, 6) is 0.307. The van der Waals surface area contributed by atoms with Crippen molar-refractivity contribution >= 4 is 17.0 Å². The van der Waals surface area contributed by atoms with Gasteiger partial charge in [0.1, 0.15) is 5.52 Å². The number of fused-ring (bicyclic) bond motifs is 1. The minimum atomic E-state index is 0.307. The van der Waals surface area contributed by atoms with Crippen molar-refractivity contribution in [3.05, 3.63) is 30.2 Å². The van der Waals surface area contributed by atoms with Gasteiger partial charge in [-0.3, -0.25) is 4.68 Å². The number of nitrogens with zero attached hydrogens (tertiary/aromatic N) is 5. The molecule has 0 unspecified atom stereocenters. The molecular weight excluding hydrogens is 276 g/mol. The Labute approximate surface area is 129 Å². The molecule has 0 aromatic carbocycles. The summed E-state index contributed by atoms with van der Waals surface area (Å²) in [5, 5.41) is 4.36. The van der Waals surface area contributed by atoms with E-state index >= 15 is 0 Å². The van der Waals surface area contributed by atoms with Gasteiger partial charge in [0, 0.05) is 18.3 Å². The number of pyridine rings is 1. The second-order valence-corrected chi connectivity index (χ2v) is 5.33. The van der Waals surface area contributed by atoms with E-state index in [9.17, 15) is 0 Å². The van der Waals surface area contributed by atoms with Crippen molar-refractivity contribution in [1.29, 1.82) is 0 Å². The first-order chi connectivity index (χ1) is 10.7. The molecule has 2 N–H and O–H groups in total. The Morgan fingerprint density at radius 3 is 2.73 bits per heavy atom. The highest BCUT2D eigenvalue weighted by atomic mass is 15.3. The Kier molecular flexibility index (Phi) is 4.00. The van der Waals surface area contributed by atoms with Gasteiger partial charge in [-0.1, -0.05) is 20.3 Å². The molecule has 0 spiro atoms. The molecule has 0 aliphatic heterocycles. The largest absolute Gasteiger partial charge is 0.368 e. The van der Waals surface area contributed by atoms with Crippen LogP contribution in [-0.2, 0) is 13.0 Å². The van der Waals surface area contributed by atoms with Crippen LogP contribution in [0.3, 0.4) is 0 Å². The summed E-state index contributed by atoms with van der Waals surface area (Å²) in [7, 11) is 0. The van der Waals surface area contributed by atoms with Gasteiger partial charge in [-0.25, -0.2) is 15.0 Å². The summed E-state index contributed by atoms with van der Waals surface area (Å²) >= 11 is 0. The zero-order valence-electron chi connectivity index (χ0n) is 13.0. The molecule has 3 aromatic heterocycles. The first-order valence-corrected chi connectivity index (χ1v) is 7.67. The topological polar surface area (TPSA) is 82.5 Å². The highest BCUT2D eigenvalue weighted by Gasteiger charge is 2.10. The Balaban J connectivity index is 2.07. The van der Waals surface area contributed by atoms with Gasteiger partial charge >= 0.3 is 0 Å². The van der Waals surface area contributed by atoms with Crippen molar-refractivity contribution < 1.29 is 0 Å². The Morgan fingerprint density at radius 1 is 1.09 bits per heavy atom. The predicted octanol–water partition coefficient (Wildman–Crippen LogP) is 2.83. The molecule has 0 saturated carbocycles. The molecule has 0 aliphatic carbocycles. The lowest BCUT2D eigenvalue weighted by molar-refractivity contribution is 0.603. The molecule has 0 amide bonds.